The molecule has 0 bridgehead atoms. The Bertz CT molecular complexity index is 540. The van der Waals surface area contributed by atoms with Crippen molar-refractivity contribution in [2.45, 2.75) is 31.3 Å². The van der Waals surface area contributed by atoms with E-state index in [1.54, 1.807) is 13.3 Å². The Morgan fingerprint density at radius 3 is 2.60 bits per heavy atom. The third-order valence-electron chi connectivity index (χ3n) is 4.18. The van der Waals surface area contributed by atoms with Gasteiger partial charge in [0.1, 0.15) is 5.75 Å². The van der Waals surface area contributed by atoms with Crippen LogP contribution < -0.4 is 4.74 Å². The van der Waals surface area contributed by atoms with Crippen LogP contribution in [-0.4, -0.2) is 17.2 Å². The summed E-state index contributed by atoms with van der Waals surface area (Å²) in [4.78, 5) is 4.13. The molecule has 0 radical (unpaired) electrons. The maximum Gasteiger partial charge on any atom is 0.119 e. The lowest BCUT2D eigenvalue weighted by molar-refractivity contribution is 0.276. The van der Waals surface area contributed by atoms with Crippen LogP contribution in [0.4, 0.5) is 0 Å². The summed E-state index contributed by atoms with van der Waals surface area (Å²) in [5.41, 5.74) is 3.41. The van der Waals surface area contributed by atoms with E-state index in [9.17, 15) is 0 Å². The molecule has 3 nitrogen and oxygen atoms in total. The van der Waals surface area contributed by atoms with E-state index >= 15 is 0 Å². The molecule has 0 unspecified atom stereocenters. The van der Waals surface area contributed by atoms with Gasteiger partial charge in [-0.05, 0) is 60.1 Å². The Morgan fingerprint density at radius 2 is 1.90 bits per heavy atom. The summed E-state index contributed by atoms with van der Waals surface area (Å²) < 4.78 is 5.28. The van der Waals surface area contributed by atoms with E-state index in [0.717, 1.165) is 24.3 Å². The molecule has 0 spiro atoms. The van der Waals surface area contributed by atoms with Crippen LogP contribution >= 0.6 is 0 Å². The quantitative estimate of drug-likeness (QED) is 0.926. The van der Waals surface area contributed by atoms with Crippen molar-refractivity contribution in [2.24, 2.45) is 0 Å². The Balaban J connectivity index is 1.68. The van der Waals surface area contributed by atoms with E-state index in [4.69, 9.17) is 9.84 Å². The van der Waals surface area contributed by atoms with Crippen LogP contribution in [0.1, 0.15) is 41.5 Å². The Morgan fingerprint density at radius 1 is 1.15 bits per heavy atom. The van der Waals surface area contributed by atoms with Gasteiger partial charge in [0.25, 0.3) is 0 Å². The van der Waals surface area contributed by atoms with Gasteiger partial charge in [-0.25, -0.2) is 0 Å². The maximum atomic E-state index is 9.15. The number of nitrogens with zero attached hydrogens (tertiary/aromatic N) is 1. The van der Waals surface area contributed by atoms with Crippen LogP contribution in [0.25, 0.3) is 0 Å². The van der Waals surface area contributed by atoms with Crippen molar-refractivity contribution < 1.29 is 9.84 Å². The number of aromatic nitrogens is 1. The number of methoxy groups -OCH3 is 1. The standard InChI is InChI=1S/C17H19NO2/c1-20-17-4-2-3-12(10-17)14-7-15(8-14)13-5-6-18-16(9-13)11-19/h2-6,9-10,14-15,19H,7-8,11H2,1H3. The van der Waals surface area contributed by atoms with Gasteiger partial charge in [-0.15, -0.1) is 0 Å². The van der Waals surface area contributed by atoms with Crippen molar-refractivity contribution in [3.05, 3.63) is 59.4 Å². The summed E-state index contributed by atoms with van der Waals surface area (Å²) in [6.07, 6.45) is 4.10. The van der Waals surface area contributed by atoms with Crippen LogP contribution in [0, 0.1) is 0 Å². The van der Waals surface area contributed by atoms with Crippen LogP contribution in [0.5, 0.6) is 5.75 Å². The molecule has 0 saturated heterocycles. The fourth-order valence-corrected chi connectivity index (χ4v) is 2.89. The van der Waals surface area contributed by atoms with Crippen molar-refractivity contribution >= 4 is 0 Å². The summed E-state index contributed by atoms with van der Waals surface area (Å²) in [6.45, 7) is 0.0138. The number of aliphatic hydroxyl groups is 1. The van der Waals surface area contributed by atoms with Crippen LogP contribution in [-0.2, 0) is 6.61 Å². The highest BCUT2D eigenvalue weighted by Gasteiger charge is 2.31. The minimum atomic E-state index is 0.0138. The Kier molecular flexibility index (Phi) is 3.70. The van der Waals surface area contributed by atoms with Gasteiger partial charge >= 0.3 is 0 Å². The van der Waals surface area contributed by atoms with Crippen molar-refractivity contribution in [1.29, 1.82) is 0 Å². The number of ether oxygens (including phenoxy) is 1. The maximum absolute atomic E-state index is 9.15. The second kappa shape index (κ2) is 5.63. The topological polar surface area (TPSA) is 42.4 Å². The lowest BCUT2D eigenvalue weighted by Gasteiger charge is -2.36. The lowest BCUT2D eigenvalue weighted by atomic mass is 9.68. The summed E-state index contributed by atoms with van der Waals surface area (Å²) in [7, 11) is 1.70. The first-order valence-electron chi connectivity index (χ1n) is 7.00. The first-order valence-corrected chi connectivity index (χ1v) is 7.00. The average molecular weight is 269 g/mol. The average Bonchev–Trinajstić information content (AvgIpc) is 2.46. The fraction of sp³-hybridized carbons (Fsp3) is 0.353. The van der Waals surface area contributed by atoms with Gasteiger partial charge in [-0.3, -0.25) is 4.98 Å². The van der Waals surface area contributed by atoms with E-state index in [0.29, 0.717) is 11.8 Å². The smallest absolute Gasteiger partial charge is 0.119 e. The SMILES string of the molecule is COc1cccc(C2CC(c3ccnc(CO)c3)C2)c1. The molecule has 104 valence electrons. The largest absolute Gasteiger partial charge is 0.497 e. The van der Waals surface area contributed by atoms with Gasteiger partial charge in [0.2, 0.25) is 0 Å². The molecule has 0 atom stereocenters. The monoisotopic (exact) mass is 269 g/mol. The van der Waals surface area contributed by atoms with Crippen molar-refractivity contribution in [3.8, 4) is 5.75 Å². The molecule has 20 heavy (non-hydrogen) atoms. The molecule has 3 heteroatoms. The van der Waals surface area contributed by atoms with Gasteiger partial charge in [-0.1, -0.05) is 12.1 Å². The summed E-state index contributed by atoms with van der Waals surface area (Å²) in [5, 5.41) is 9.15. The second-order valence-corrected chi connectivity index (χ2v) is 5.38. The molecule has 2 aromatic rings. The predicted molar refractivity (Wildman–Crippen MR) is 77.9 cm³/mol. The number of benzene rings is 1. The molecule has 1 aromatic heterocycles. The third-order valence-corrected chi connectivity index (χ3v) is 4.18. The molecular weight excluding hydrogens is 250 g/mol. The molecule has 1 aliphatic carbocycles. The van der Waals surface area contributed by atoms with E-state index in [2.05, 4.69) is 29.2 Å². The first kappa shape index (κ1) is 13.1. The van der Waals surface area contributed by atoms with E-state index in [1.807, 2.05) is 12.1 Å². The Labute approximate surface area is 119 Å². The molecule has 1 N–H and O–H groups in total. The van der Waals surface area contributed by atoms with Gasteiger partial charge in [-0.2, -0.15) is 0 Å². The molecule has 1 saturated carbocycles. The highest BCUT2D eigenvalue weighted by Crippen LogP contribution is 2.47. The third kappa shape index (κ3) is 2.54. The molecule has 0 amide bonds. The number of pyridine rings is 1. The molecule has 3 rings (SSSR count). The number of rotatable bonds is 4. The number of hydrogen-bond donors (Lipinski definition) is 1. The van der Waals surface area contributed by atoms with Gasteiger partial charge < -0.3 is 9.84 Å². The fourth-order valence-electron chi connectivity index (χ4n) is 2.89. The zero-order valence-electron chi connectivity index (χ0n) is 11.6. The van der Waals surface area contributed by atoms with Crippen LogP contribution in [0.15, 0.2) is 42.6 Å². The summed E-state index contributed by atoms with van der Waals surface area (Å²) >= 11 is 0. The van der Waals surface area contributed by atoms with Crippen molar-refractivity contribution in [1.82, 2.24) is 4.98 Å². The molecule has 1 aliphatic rings. The first-order chi connectivity index (χ1) is 9.80. The van der Waals surface area contributed by atoms with Crippen LogP contribution in [0.2, 0.25) is 0 Å². The van der Waals surface area contributed by atoms with E-state index in [1.165, 1.54) is 11.1 Å². The molecule has 1 aromatic carbocycles. The summed E-state index contributed by atoms with van der Waals surface area (Å²) in [6, 6.07) is 12.4. The zero-order valence-corrected chi connectivity index (χ0v) is 11.6. The molecule has 0 aliphatic heterocycles. The second-order valence-electron chi connectivity index (χ2n) is 5.38. The van der Waals surface area contributed by atoms with Crippen molar-refractivity contribution in [2.75, 3.05) is 7.11 Å². The minimum absolute atomic E-state index is 0.0138. The molecule has 1 heterocycles. The van der Waals surface area contributed by atoms with Crippen LogP contribution in [0.3, 0.4) is 0 Å². The van der Waals surface area contributed by atoms with Gasteiger partial charge in [0.15, 0.2) is 0 Å². The van der Waals surface area contributed by atoms with Gasteiger partial charge in [0, 0.05) is 6.20 Å². The number of aliphatic hydroxyl groups excluding tert-OH is 1. The Hall–Kier alpha value is -1.87. The molecular formula is C17H19NO2. The lowest BCUT2D eigenvalue weighted by Crippen LogP contribution is -2.20. The minimum Gasteiger partial charge on any atom is -0.497 e. The number of hydrogen-bond acceptors (Lipinski definition) is 3. The highest BCUT2D eigenvalue weighted by molar-refractivity contribution is 5.34. The van der Waals surface area contributed by atoms with E-state index in [-0.39, 0.29) is 6.61 Å². The van der Waals surface area contributed by atoms with E-state index < -0.39 is 0 Å². The normalized spacial score (nSPS) is 21.3. The highest BCUT2D eigenvalue weighted by atomic mass is 16.5. The molecule has 1 fully saturated rings. The summed E-state index contributed by atoms with van der Waals surface area (Å²) in [5.74, 6) is 2.12. The predicted octanol–water partition coefficient (Wildman–Crippen LogP) is 3.24. The zero-order chi connectivity index (χ0) is 13.9. The van der Waals surface area contributed by atoms with Gasteiger partial charge in [0.05, 0.1) is 19.4 Å². The van der Waals surface area contributed by atoms with Crippen molar-refractivity contribution in [3.63, 3.8) is 0 Å².